The maximum absolute atomic E-state index is 12.9. The van der Waals surface area contributed by atoms with E-state index in [1.165, 1.54) is 29.4 Å². The molecule has 1 unspecified atom stereocenters. The van der Waals surface area contributed by atoms with Crippen LogP contribution in [0.25, 0.3) is 10.2 Å². The van der Waals surface area contributed by atoms with Crippen molar-refractivity contribution in [2.75, 3.05) is 24.2 Å². The van der Waals surface area contributed by atoms with Gasteiger partial charge in [0, 0.05) is 12.4 Å². The number of hydrogen-bond donors (Lipinski definition) is 1. The number of benzene rings is 1. The van der Waals surface area contributed by atoms with E-state index >= 15 is 0 Å². The minimum Gasteiger partial charge on any atom is -0.477 e. The van der Waals surface area contributed by atoms with Crippen LogP contribution in [0.4, 0.5) is 5.69 Å². The van der Waals surface area contributed by atoms with Crippen LogP contribution in [-0.4, -0.2) is 47.2 Å². The molecule has 2 aromatic heterocycles. The predicted octanol–water partition coefficient (Wildman–Crippen LogP) is 2.32. The number of carbonyl (C=O) groups is 2. The van der Waals surface area contributed by atoms with Gasteiger partial charge in [-0.1, -0.05) is 23.9 Å². The second kappa shape index (κ2) is 7.53. The highest BCUT2D eigenvalue weighted by atomic mass is 32.2. The van der Waals surface area contributed by atoms with E-state index in [0.717, 1.165) is 15.2 Å². The van der Waals surface area contributed by atoms with Gasteiger partial charge in [0.1, 0.15) is 21.9 Å². The van der Waals surface area contributed by atoms with E-state index in [9.17, 15) is 9.59 Å². The van der Waals surface area contributed by atoms with Crippen LogP contribution in [0, 0.1) is 0 Å². The van der Waals surface area contributed by atoms with Crippen LogP contribution in [0.3, 0.4) is 0 Å². The summed E-state index contributed by atoms with van der Waals surface area (Å²) in [5.74, 6) is 0.367. The Morgan fingerprint density at radius 3 is 3.04 bits per heavy atom. The molecule has 7 nitrogen and oxygen atoms in total. The number of thioether (sulfide) groups is 1. The lowest BCUT2D eigenvalue weighted by Gasteiger charge is -2.34. The first-order valence-corrected chi connectivity index (χ1v) is 10.1. The van der Waals surface area contributed by atoms with Crippen LogP contribution >= 0.6 is 23.1 Å². The lowest BCUT2D eigenvalue weighted by molar-refractivity contribution is -0.127. The molecule has 1 aliphatic heterocycles. The molecule has 1 aliphatic rings. The first-order chi connectivity index (χ1) is 13.2. The van der Waals surface area contributed by atoms with E-state index < -0.39 is 6.10 Å². The molecule has 138 valence electrons. The molecule has 3 heterocycles. The van der Waals surface area contributed by atoms with E-state index in [2.05, 4.69) is 15.3 Å². The lowest BCUT2D eigenvalue weighted by Crippen LogP contribution is -2.50. The molecule has 0 spiro atoms. The number of fused-ring (bicyclic) bond motifs is 2. The molecule has 9 heteroatoms. The summed E-state index contributed by atoms with van der Waals surface area (Å²) in [5.41, 5.74) is 0.673. The van der Waals surface area contributed by atoms with Gasteiger partial charge in [-0.25, -0.2) is 9.97 Å². The van der Waals surface area contributed by atoms with Gasteiger partial charge in [-0.2, -0.15) is 0 Å². The van der Waals surface area contributed by atoms with Crippen molar-refractivity contribution in [3.05, 3.63) is 42.0 Å². The summed E-state index contributed by atoms with van der Waals surface area (Å²) in [6, 6.07) is 9.20. The third-order valence-electron chi connectivity index (χ3n) is 4.17. The number of carbonyl (C=O) groups excluding carboxylic acids is 2. The highest BCUT2D eigenvalue weighted by molar-refractivity contribution is 8.00. The van der Waals surface area contributed by atoms with Crippen LogP contribution in [0.2, 0.25) is 0 Å². The van der Waals surface area contributed by atoms with Crippen molar-refractivity contribution in [1.29, 1.82) is 0 Å². The fourth-order valence-electron chi connectivity index (χ4n) is 2.86. The van der Waals surface area contributed by atoms with Crippen LogP contribution in [0.5, 0.6) is 5.75 Å². The largest absolute Gasteiger partial charge is 0.477 e. The first kappa shape index (κ1) is 17.7. The number of thiophene rings is 1. The molecule has 0 radical (unpaired) electrons. The molecule has 1 aromatic carbocycles. The zero-order valence-corrected chi connectivity index (χ0v) is 16.0. The normalized spacial score (nSPS) is 15.9. The average Bonchev–Trinajstić information content (AvgIpc) is 3.20. The molecule has 0 fully saturated rings. The van der Waals surface area contributed by atoms with Gasteiger partial charge >= 0.3 is 0 Å². The minimum atomic E-state index is -0.735. The second-order valence-electron chi connectivity index (χ2n) is 5.80. The monoisotopic (exact) mass is 400 g/mol. The molecule has 0 saturated carbocycles. The van der Waals surface area contributed by atoms with Crippen LogP contribution in [0.1, 0.15) is 0 Å². The summed E-state index contributed by atoms with van der Waals surface area (Å²) in [4.78, 5) is 36.0. The number of para-hydroxylation sites is 2. The molecule has 0 bridgehead atoms. The third kappa shape index (κ3) is 3.47. The van der Waals surface area contributed by atoms with Gasteiger partial charge in [-0.3, -0.25) is 9.59 Å². The van der Waals surface area contributed by atoms with Gasteiger partial charge in [-0.05, 0) is 23.6 Å². The number of ether oxygens (including phenoxy) is 1. The fourth-order valence-corrected chi connectivity index (χ4v) is 4.51. The van der Waals surface area contributed by atoms with Crippen LogP contribution in [0.15, 0.2) is 47.1 Å². The molecule has 0 aliphatic carbocycles. The lowest BCUT2D eigenvalue weighted by atomic mass is 10.2. The summed E-state index contributed by atoms with van der Waals surface area (Å²) in [6.45, 7) is 0.174. The van der Waals surface area contributed by atoms with Gasteiger partial charge in [0.25, 0.3) is 5.91 Å². The third-order valence-corrected chi connectivity index (χ3v) is 5.98. The molecule has 3 aromatic rings. The Kier molecular flexibility index (Phi) is 4.95. The summed E-state index contributed by atoms with van der Waals surface area (Å²) >= 11 is 2.91. The van der Waals surface area contributed by atoms with Crippen molar-refractivity contribution >= 4 is 50.8 Å². The predicted molar refractivity (Wildman–Crippen MR) is 105 cm³/mol. The Bertz CT molecular complexity index is 1010. The zero-order chi connectivity index (χ0) is 18.8. The van der Waals surface area contributed by atoms with Crippen molar-refractivity contribution in [3.8, 4) is 5.75 Å². The number of hydrogen-bond acceptors (Lipinski definition) is 7. The smallest absolute Gasteiger partial charge is 0.262 e. The fraction of sp³-hybridized carbons (Fsp3) is 0.222. The maximum Gasteiger partial charge on any atom is 0.262 e. The molecular formula is C18H16N4O3S2. The summed E-state index contributed by atoms with van der Waals surface area (Å²) in [5, 5.41) is 6.26. The van der Waals surface area contributed by atoms with Gasteiger partial charge in [0.2, 0.25) is 5.91 Å². The number of aromatic nitrogens is 2. The summed E-state index contributed by atoms with van der Waals surface area (Å²) in [6.07, 6.45) is 0.776. The Balaban J connectivity index is 1.55. The van der Waals surface area contributed by atoms with Crippen LogP contribution < -0.4 is 15.0 Å². The first-order valence-electron chi connectivity index (χ1n) is 8.26. The number of rotatable bonds is 4. The SMILES string of the molecule is CNC(=O)C1CN(C(=O)CSc2ncnc3sccc23)c2ccccc2O1. The highest BCUT2D eigenvalue weighted by Gasteiger charge is 2.33. The Morgan fingerprint density at radius 1 is 1.33 bits per heavy atom. The number of likely N-dealkylation sites (N-methyl/N-ethyl adjacent to an activating group) is 1. The van der Waals surface area contributed by atoms with E-state index in [4.69, 9.17) is 4.74 Å². The van der Waals surface area contributed by atoms with Gasteiger partial charge in [-0.15, -0.1) is 11.3 Å². The number of nitrogens with zero attached hydrogens (tertiary/aromatic N) is 3. The summed E-state index contributed by atoms with van der Waals surface area (Å²) < 4.78 is 5.74. The van der Waals surface area contributed by atoms with Crippen molar-refractivity contribution < 1.29 is 14.3 Å². The average molecular weight is 400 g/mol. The van der Waals surface area contributed by atoms with E-state index in [1.807, 2.05) is 29.6 Å². The second-order valence-corrected chi connectivity index (χ2v) is 7.66. The quantitative estimate of drug-likeness (QED) is 0.534. The Labute approximate surface area is 163 Å². The van der Waals surface area contributed by atoms with E-state index in [-0.39, 0.29) is 24.1 Å². The summed E-state index contributed by atoms with van der Waals surface area (Å²) in [7, 11) is 1.55. The number of nitrogens with one attached hydrogen (secondary N) is 1. The van der Waals surface area contributed by atoms with E-state index in [1.54, 1.807) is 18.0 Å². The molecule has 1 atom stereocenters. The van der Waals surface area contributed by atoms with Crippen LogP contribution in [-0.2, 0) is 9.59 Å². The topological polar surface area (TPSA) is 84.4 Å². The molecule has 2 amide bonds. The Morgan fingerprint density at radius 2 is 2.19 bits per heavy atom. The van der Waals surface area contributed by atoms with E-state index in [0.29, 0.717) is 11.4 Å². The molecule has 1 N–H and O–H groups in total. The molecular weight excluding hydrogens is 384 g/mol. The van der Waals surface area contributed by atoms with Gasteiger partial charge in [0.15, 0.2) is 6.10 Å². The highest BCUT2D eigenvalue weighted by Crippen LogP contribution is 2.34. The maximum atomic E-state index is 12.9. The number of amides is 2. The van der Waals surface area contributed by atoms with Crippen molar-refractivity contribution in [1.82, 2.24) is 15.3 Å². The molecule has 27 heavy (non-hydrogen) atoms. The zero-order valence-electron chi connectivity index (χ0n) is 14.4. The van der Waals surface area contributed by atoms with Crippen molar-refractivity contribution in [3.63, 3.8) is 0 Å². The minimum absolute atomic E-state index is 0.105. The molecule has 0 saturated heterocycles. The van der Waals surface area contributed by atoms with Crippen molar-refractivity contribution in [2.24, 2.45) is 0 Å². The number of anilines is 1. The van der Waals surface area contributed by atoms with Gasteiger partial charge < -0.3 is 15.0 Å². The van der Waals surface area contributed by atoms with Gasteiger partial charge in [0.05, 0.1) is 18.0 Å². The van der Waals surface area contributed by atoms with Crippen molar-refractivity contribution in [2.45, 2.75) is 11.1 Å². The molecule has 4 rings (SSSR count). The standard InChI is InChI=1S/C18H16N4O3S2/c1-19-16(24)14-8-22(12-4-2-3-5-13(12)25-14)15(23)9-27-18-11-6-7-26-17(11)20-10-21-18/h2-7,10,14H,8-9H2,1H3,(H,19,24). The Hall–Kier alpha value is -2.65.